The van der Waals surface area contributed by atoms with Gasteiger partial charge in [0.1, 0.15) is 23.9 Å². The number of benzene rings is 2. The van der Waals surface area contributed by atoms with Crippen molar-refractivity contribution < 1.29 is 28.3 Å². The normalized spacial score (nSPS) is 14.9. The molecule has 0 bridgehead atoms. The van der Waals surface area contributed by atoms with Crippen LogP contribution in [-0.4, -0.2) is 42.9 Å². The van der Waals surface area contributed by atoms with Crippen LogP contribution in [0.2, 0.25) is 0 Å². The van der Waals surface area contributed by atoms with Crippen molar-refractivity contribution in [2.75, 3.05) is 27.4 Å². The zero-order valence-electron chi connectivity index (χ0n) is 24.9. The number of ether oxygens (including phenoxy) is 3. The molecule has 12 heteroatoms. The van der Waals surface area contributed by atoms with Gasteiger partial charge in [0.25, 0.3) is 11.2 Å². The molecule has 1 aliphatic rings. The molecule has 4 aromatic rings. The standard InChI is InChI=1S/C32H31N3O8S/c1-18(2)20-6-8-21(9-7-20)29-28(31(37)42-15-14-40-4)19(3)33-32-34(29)30(36)27(44-32)17-23-11-13-26(43-23)24-16-22(35(38)39)10-12-25(24)41-5/h6-13,16-18,29H,14-15H2,1-5H3. The number of carbonyl (C=O) groups is 1. The quantitative estimate of drug-likeness (QED) is 0.108. The average Bonchev–Trinajstić information content (AvgIpc) is 3.60. The molecule has 0 radical (unpaired) electrons. The van der Waals surface area contributed by atoms with E-state index >= 15 is 0 Å². The van der Waals surface area contributed by atoms with Crippen LogP contribution in [0, 0.1) is 10.1 Å². The van der Waals surface area contributed by atoms with E-state index in [2.05, 4.69) is 18.8 Å². The largest absolute Gasteiger partial charge is 0.496 e. The van der Waals surface area contributed by atoms with E-state index in [9.17, 15) is 19.7 Å². The summed E-state index contributed by atoms with van der Waals surface area (Å²) >= 11 is 1.17. The minimum atomic E-state index is -0.758. The molecule has 1 unspecified atom stereocenters. The van der Waals surface area contributed by atoms with Crippen LogP contribution < -0.4 is 19.6 Å². The van der Waals surface area contributed by atoms with Crippen LogP contribution in [0.4, 0.5) is 5.69 Å². The topological polar surface area (TPSA) is 135 Å². The number of hydrogen-bond donors (Lipinski definition) is 0. The molecular weight excluding hydrogens is 586 g/mol. The fourth-order valence-electron chi connectivity index (χ4n) is 4.96. The van der Waals surface area contributed by atoms with E-state index in [-0.39, 0.29) is 30.0 Å². The Morgan fingerprint density at radius 1 is 1.14 bits per heavy atom. The van der Waals surface area contributed by atoms with E-state index in [0.717, 1.165) is 11.1 Å². The summed E-state index contributed by atoms with van der Waals surface area (Å²) in [6.07, 6.45) is 1.59. The van der Waals surface area contributed by atoms with Gasteiger partial charge in [-0.2, -0.15) is 0 Å². The first-order valence-electron chi connectivity index (χ1n) is 13.8. The second-order valence-electron chi connectivity index (χ2n) is 10.4. The summed E-state index contributed by atoms with van der Waals surface area (Å²) in [4.78, 5) is 43.2. The molecule has 0 amide bonds. The van der Waals surface area contributed by atoms with Gasteiger partial charge in [-0.25, -0.2) is 9.79 Å². The number of carbonyl (C=O) groups excluding carboxylic acids is 1. The van der Waals surface area contributed by atoms with Gasteiger partial charge in [0.2, 0.25) is 0 Å². The highest BCUT2D eigenvalue weighted by Crippen LogP contribution is 2.35. The SMILES string of the molecule is COCCOC(=O)C1=C(C)N=c2sc(=Cc3ccc(-c4cc([N+](=O)[O-])ccc4OC)o3)c(=O)n2C1c1ccc(C(C)C)cc1. The van der Waals surface area contributed by atoms with Crippen molar-refractivity contribution in [2.45, 2.75) is 32.7 Å². The van der Waals surface area contributed by atoms with Gasteiger partial charge in [-0.1, -0.05) is 49.4 Å². The smallest absolute Gasteiger partial charge is 0.338 e. The fraction of sp³-hybridized carbons (Fsp3) is 0.281. The number of esters is 1. The zero-order valence-corrected chi connectivity index (χ0v) is 25.7. The van der Waals surface area contributed by atoms with Crippen molar-refractivity contribution in [1.29, 1.82) is 0 Å². The predicted octanol–water partition coefficient (Wildman–Crippen LogP) is 4.73. The van der Waals surface area contributed by atoms with E-state index in [1.54, 1.807) is 25.1 Å². The van der Waals surface area contributed by atoms with E-state index in [1.165, 1.54) is 48.3 Å². The van der Waals surface area contributed by atoms with Gasteiger partial charge < -0.3 is 18.6 Å². The van der Waals surface area contributed by atoms with E-state index in [1.807, 2.05) is 24.3 Å². The Balaban J connectivity index is 1.60. The molecule has 1 atom stereocenters. The maximum absolute atomic E-state index is 14.0. The lowest BCUT2D eigenvalue weighted by atomic mass is 9.93. The average molecular weight is 618 g/mol. The van der Waals surface area contributed by atoms with E-state index < -0.39 is 16.9 Å². The number of nitro groups is 1. The van der Waals surface area contributed by atoms with Crippen LogP contribution in [0.15, 0.2) is 80.1 Å². The Morgan fingerprint density at radius 3 is 2.55 bits per heavy atom. The van der Waals surface area contributed by atoms with Crippen LogP contribution in [0.1, 0.15) is 49.6 Å². The van der Waals surface area contributed by atoms with Gasteiger partial charge in [0.15, 0.2) is 4.80 Å². The van der Waals surface area contributed by atoms with Crippen LogP contribution in [-0.2, 0) is 14.3 Å². The van der Waals surface area contributed by atoms with Crippen molar-refractivity contribution in [3.05, 3.63) is 113 Å². The monoisotopic (exact) mass is 617 g/mol. The number of nitro benzene ring substituents is 1. The number of aromatic nitrogens is 1. The van der Waals surface area contributed by atoms with Gasteiger partial charge in [0.05, 0.1) is 46.0 Å². The first-order valence-corrected chi connectivity index (χ1v) is 14.7. The molecule has 0 saturated heterocycles. The summed E-state index contributed by atoms with van der Waals surface area (Å²) in [5, 5.41) is 11.3. The summed E-state index contributed by atoms with van der Waals surface area (Å²) in [5.41, 5.74) is 2.53. The molecule has 3 heterocycles. The van der Waals surface area contributed by atoms with Gasteiger partial charge in [-0.3, -0.25) is 19.5 Å². The Morgan fingerprint density at radius 2 is 1.89 bits per heavy atom. The van der Waals surface area contributed by atoms with Crippen LogP contribution >= 0.6 is 11.3 Å². The number of thiazole rings is 1. The molecule has 5 rings (SSSR count). The third-order valence-corrected chi connectivity index (χ3v) is 8.22. The van der Waals surface area contributed by atoms with Gasteiger partial charge in [-0.05, 0) is 42.2 Å². The highest BCUT2D eigenvalue weighted by Gasteiger charge is 2.33. The number of furan rings is 1. The zero-order chi connectivity index (χ0) is 31.5. The number of non-ortho nitro benzene ring substituents is 1. The highest BCUT2D eigenvalue weighted by atomic mass is 32.1. The highest BCUT2D eigenvalue weighted by molar-refractivity contribution is 7.07. The van der Waals surface area contributed by atoms with Crippen molar-refractivity contribution in [3.63, 3.8) is 0 Å². The molecule has 0 fully saturated rings. The lowest BCUT2D eigenvalue weighted by Gasteiger charge is -2.25. The van der Waals surface area contributed by atoms with Gasteiger partial charge in [-0.15, -0.1) is 0 Å². The first kappa shape index (κ1) is 30.6. The molecule has 2 aromatic heterocycles. The Hall–Kier alpha value is -4.81. The summed E-state index contributed by atoms with van der Waals surface area (Å²) < 4.78 is 23.7. The molecule has 44 heavy (non-hydrogen) atoms. The van der Waals surface area contributed by atoms with E-state index in [0.29, 0.717) is 43.8 Å². The minimum absolute atomic E-state index is 0.0612. The maximum atomic E-state index is 14.0. The summed E-state index contributed by atoms with van der Waals surface area (Å²) in [5.74, 6) is 0.829. The van der Waals surface area contributed by atoms with E-state index in [4.69, 9.17) is 18.6 Å². The lowest BCUT2D eigenvalue weighted by molar-refractivity contribution is -0.384. The van der Waals surface area contributed by atoms with Crippen LogP contribution in [0.25, 0.3) is 17.4 Å². The van der Waals surface area contributed by atoms with Gasteiger partial charge in [0, 0.05) is 25.3 Å². The van der Waals surface area contributed by atoms with Crippen molar-refractivity contribution in [1.82, 2.24) is 4.57 Å². The van der Waals surface area contributed by atoms with Crippen molar-refractivity contribution in [2.24, 2.45) is 4.99 Å². The number of methoxy groups -OCH3 is 2. The molecule has 0 saturated carbocycles. The molecule has 0 N–H and O–H groups in total. The molecule has 2 aromatic carbocycles. The number of fused-ring (bicyclic) bond motifs is 1. The summed E-state index contributed by atoms with van der Waals surface area (Å²) in [7, 11) is 2.98. The second kappa shape index (κ2) is 12.8. The summed E-state index contributed by atoms with van der Waals surface area (Å²) in [6.45, 7) is 6.21. The van der Waals surface area contributed by atoms with Crippen molar-refractivity contribution >= 4 is 29.1 Å². The third kappa shape index (κ3) is 5.99. The molecule has 0 aliphatic carbocycles. The Bertz CT molecular complexity index is 1930. The fourth-order valence-corrected chi connectivity index (χ4v) is 5.99. The minimum Gasteiger partial charge on any atom is -0.496 e. The van der Waals surface area contributed by atoms with Crippen molar-refractivity contribution in [3.8, 4) is 17.1 Å². The second-order valence-corrected chi connectivity index (χ2v) is 11.4. The Kier molecular flexibility index (Phi) is 8.93. The molecule has 11 nitrogen and oxygen atoms in total. The first-order chi connectivity index (χ1) is 21.1. The molecule has 0 spiro atoms. The number of nitrogens with zero attached hydrogens (tertiary/aromatic N) is 3. The predicted molar refractivity (Wildman–Crippen MR) is 164 cm³/mol. The molecule has 1 aliphatic heterocycles. The van der Waals surface area contributed by atoms with Crippen LogP contribution in [0.5, 0.6) is 5.75 Å². The molecular formula is C32H31N3O8S. The number of allylic oxidation sites excluding steroid dienone is 1. The van der Waals surface area contributed by atoms with Gasteiger partial charge >= 0.3 is 5.97 Å². The van der Waals surface area contributed by atoms with Crippen LogP contribution in [0.3, 0.4) is 0 Å². The Labute approximate surface area is 256 Å². The molecule has 228 valence electrons. The number of hydrogen-bond acceptors (Lipinski definition) is 10. The summed E-state index contributed by atoms with van der Waals surface area (Å²) in [6, 6.07) is 14.6. The number of rotatable bonds is 10. The third-order valence-electron chi connectivity index (χ3n) is 7.24. The maximum Gasteiger partial charge on any atom is 0.338 e. The lowest BCUT2D eigenvalue weighted by Crippen LogP contribution is -2.40.